The molecule has 0 N–H and O–H groups in total. The molecular weight excluding hydrogens is 253 g/mol. The maximum Gasteiger partial charge on any atom is 0.412 e. The van der Waals surface area contributed by atoms with Crippen LogP contribution in [0.25, 0.3) is 0 Å². The van der Waals surface area contributed by atoms with Crippen molar-refractivity contribution in [2.75, 3.05) is 0 Å². The van der Waals surface area contributed by atoms with Crippen molar-refractivity contribution in [1.29, 1.82) is 0 Å². The fourth-order valence-corrected chi connectivity index (χ4v) is 2.28. The van der Waals surface area contributed by atoms with E-state index in [0.29, 0.717) is 32.0 Å². The fourth-order valence-electron chi connectivity index (χ4n) is 2.03. The Morgan fingerprint density at radius 2 is 1.71 bits per heavy atom. The second-order valence-electron chi connectivity index (χ2n) is 4.09. The van der Waals surface area contributed by atoms with Gasteiger partial charge in [0, 0.05) is 11.0 Å². The molecule has 0 heterocycles. The molecule has 5 heteroatoms. The van der Waals surface area contributed by atoms with E-state index in [4.69, 9.17) is 11.6 Å². The zero-order valence-corrected chi connectivity index (χ0v) is 9.97. The van der Waals surface area contributed by atoms with Crippen molar-refractivity contribution in [1.82, 2.24) is 0 Å². The van der Waals surface area contributed by atoms with Gasteiger partial charge in [-0.25, -0.2) is 0 Å². The predicted octanol–water partition coefficient (Wildman–Crippen LogP) is 4.03. The molecule has 0 unspecified atom stereocenters. The molecule has 1 fully saturated rings. The van der Waals surface area contributed by atoms with Gasteiger partial charge in [0.05, 0.1) is 0 Å². The number of alkyl halides is 4. The highest BCUT2D eigenvalue weighted by Crippen LogP contribution is 2.40. The highest BCUT2D eigenvalue weighted by Gasteiger charge is 2.39. The van der Waals surface area contributed by atoms with Crippen molar-refractivity contribution in [3.05, 3.63) is 23.8 Å². The Hall–Kier alpha value is -0.770. The molecule has 0 spiro atoms. The van der Waals surface area contributed by atoms with Crippen LogP contribution in [0.5, 0.6) is 0 Å². The summed E-state index contributed by atoms with van der Waals surface area (Å²) >= 11 is 5.87. The summed E-state index contributed by atoms with van der Waals surface area (Å²) in [5, 5.41) is -0.00810. The lowest BCUT2D eigenvalue weighted by Gasteiger charge is -2.28. The van der Waals surface area contributed by atoms with Crippen molar-refractivity contribution in [2.45, 2.75) is 37.2 Å². The number of carbonyl (C=O) groups is 1. The number of rotatable bonds is 3. The Balaban J connectivity index is 2.80. The normalized spacial score (nSPS) is 27.4. The van der Waals surface area contributed by atoms with Gasteiger partial charge in [0.1, 0.15) is 6.29 Å². The van der Waals surface area contributed by atoms with Crippen LogP contribution in [0.4, 0.5) is 13.2 Å². The Labute approximate surface area is 103 Å². The first kappa shape index (κ1) is 14.3. The van der Waals surface area contributed by atoms with E-state index in [2.05, 4.69) is 0 Å². The molecule has 1 nitrogen and oxygen atoms in total. The number of halogens is 4. The predicted molar refractivity (Wildman–Crippen MR) is 60.9 cm³/mol. The molecule has 0 saturated heterocycles. The zero-order valence-electron chi connectivity index (χ0n) is 9.21. The van der Waals surface area contributed by atoms with Gasteiger partial charge in [-0.3, -0.25) is 4.79 Å². The van der Waals surface area contributed by atoms with Crippen LogP contribution in [0.3, 0.4) is 0 Å². The number of allylic oxidation sites excluding steroid dienone is 4. The minimum Gasteiger partial charge on any atom is -0.299 e. The molecule has 17 heavy (non-hydrogen) atoms. The third kappa shape index (κ3) is 4.54. The number of aldehydes is 1. The third-order valence-corrected chi connectivity index (χ3v) is 3.33. The van der Waals surface area contributed by atoms with Gasteiger partial charge in [0.2, 0.25) is 0 Å². The van der Waals surface area contributed by atoms with E-state index in [1.165, 1.54) is 0 Å². The Morgan fingerprint density at radius 1 is 1.12 bits per heavy atom. The van der Waals surface area contributed by atoms with Gasteiger partial charge in [-0.1, -0.05) is 12.2 Å². The van der Waals surface area contributed by atoms with Crippen molar-refractivity contribution in [2.24, 2.45) is 5.92 Å². The average Bonchev–Trinajstić information content (AvgIpc) is 2.25. The van der Waals surface area contributed by atoms with Gasteiger partial charge >= 0.3 is 6.18 Å². The summed E-state index contributed by atoms with van der Waals surface area (Å²) in [6.07, 6.45) is 1.43. The maximum absolute atomic E-state index is 12.8. The van der Waals surface area contributed by atoms with Crippen molar-refractivity contribution >= 4 is 17.9 Å². The summed E-state index contributed by atoms with van der Waals surface area (Å²) in [7, 11) is 0. The molecule has 0 bridgehead atoms. The van der Waals surface area contributed by atoms with Gasteiger partial charge in [-0.15, -0.1) is 11.6 Å². The van der Waals surface area contributed by atoms with Gasteiger partial charge in [0.15, 0.2) is 0 Å². The summed E-state index contributed by atoms with van der Waals surface area (Å²) in [5.41, 5.74) is -0.556. The second-order valence-corrected chi connectivity index (χ2v) is 4.71. The maximum atomic E-state index is 12.8. The molecule has 0 aromatic heterocycles. The monoisotopic (exact) mass is 266 g/mol. The van der Waals surface area contributed by atoms with E-state index in [0.717, 1.165) is 18.2 Å². The third-order valence-electron chi connectivity index (χ3n) is 2.89. The number of hydrogen-bond acceptors (Lipinski definition) is 1. The molecule has 0 radical (unpaired) electrons. The molecular formula is C12H14ClF3O. The quantitative estimate of drug-likeness (QED) is 0.326. The summed E-state index contributed by atoms with van der Waals surface area (Å²) < 4.78 is 38.4. The van der Waals surface area contributed by atoms with E-state index in [1.54, 1.807) is 0 Å². The molecule has 0 aromatic rings. The van der Waals surface area contributed by atoms with Crippen molar-refractivity contribution in [3.63, 3.8) is 0 Å². The van der Waals surface area contributed by atoms with Crippen LogP contribution in [-0.4, -0.2) is 17.8 Å². The summed E-state index contributed by atoms with van der Waals surface area (Å²) in [6.45, 7) is 0. The standard InChI is InChI=1S/C12H14ClF3O/c13-10-6-4-9(5-7-10)11(12(14,15)16)3-1-2-8-17/h1-3,8-10H,4-7H2/b2-1+,11-3-. The number of carbonyl (C=O) groups excluding carboxylic acids is 1. The fraction of sp³-hybridized carbons (Fsp3) is 0.583. The van der Waals surface area contributed by atoms with Crippen LogP contribution in [-0.2, 0) is 4.79 Å². The van der Waals surface area contributed by atoms with Crippen LogP contribution in [0, 0.1) is 5.92 Å². The molecule has 1 rings (SSSR count). The first-order valence-electron chi connectivity index (χ1n) is 5.48. The van der Waals surface area contributed by atoms with Crippen molar-refractivity contribution < 1.29 is 18.0 Å². The summed E-state index contributed by atoms with van der Waals surface area (Å²) in [6, 6.07) is 0. The molecule has 0 atom stereocenters. The second kappa shape index (κ2) is 6.24. The Kier molecular flexibility index (Phi) is 5.25. The minimum absolute atomic E-state index is 0.00810. The van der Waals surface area contributed by atoms with Crippen molar-refractivity contribution in [3.8, 4) is 0 Å². The smallest absolute Gasteiger partial charge is 0.299 e. The molecule has 96 valence electrons. The molecule has 1 aliphatic carbocycles. The van der Waals surface area contributed by atoms with E-state index in [1.807, 2.05) is 0 Å². The largest absolute Gasteiger partial charge is 0.412 e. The summed E-state index contributed by atoms with van der Waals surface area (Å²) in [5.74, 6) is -0.499. The van der Waals surface area contributed by atoms with E-state index in [9.17, 15) is 18.0 Å². The zero-order chi connectivity index (χ0) is 12.9. The number of hydrogen-bond donors (Lipinski definition) is 0. The van der Waals surface area contributed by atoms with E-state index in [-0.39, 0.29) is 5.38 Å². The van der Waals surface area contributed by atoms with Crippen LogP contribution in [0.2, 0.25) is 0 Å². The Morgan fingerprint density at radius 3 is 2.18 bits per heavy atom. The molecule has 1 saturated carbocycles. The highest BCUT2D eigenvalue weighted by molar-refractivity contribution is 6.20. The van der Waals surface area contributed by atoms with Crippen LogP contribution in [0.1, 0.15) is 25.7 Å². The lowest BCUT2D eigenvalue weighted by Crippen LogP contribution is -2.24. The molecule has 0 aromatic carbocycles. The van der Waals surface area contributed by atoms with Gasteiger partial charge in [0.25, 0.3) is 0 Å². The molecule has 0 amide bonds. The molecule has 0 aliphatic heterocycles. The first-order valence-corrected chi connectivity index (χ1v) is 5.92. The summed E-state index contributed by atoms with van der Waals surface area (Å²) in [4.78, 5) is 10.0. The van der Waals surface area contributed by atoms with Crippen LogP contribution in [0.15, 0.2) is 23.8 Å². The van der Waals surface area contributed by atoms with Gasteiger partial charge in [-0.05, 0) is 37.7 Å². The lowest BCUT2D eigenvalue weighted by atomic mass is 9.83. The molecule has 1 aliphatic rings. The average molecular weight is 267 g/mol. The van der Waals surface area contributed by atoms with Crippen LogP contribution < -0.4 is 0 Å². The Bertz CT molecular complexity index is 312. The van der Waals surface area contributed by atoms with E-state index >= 15 is 0 Å². The topological polar surface area (TPSA) is 17.1 Å². The van der Waals surface area contributed by atoms with E-state index < -0.39 is 17.7 Å². The highest BCUT2D eigenvalue weighted by atomic mass is 35.5. The first-order chi connectivity index (χ1) is 7.95. The minimum atomic E-state index is -4.34. The van der Waals surface area contributed by atoms with Gasteiger partial charge in [-0.2, -0.15) is 13.2 Å². The SMILES string of the molecule is O=C/C=C/C=C(/C1CCC(Cl)CC1)C(F)(F)F. The lowest BCUT2D eigenvalue weighted by molar-refractivity contribution is -0.104. The van der Waals surface area contributed by atoms with Gasteiger partial charge < -0.3 is 0 Å². The van der Waals surface area contributed by atoms with Crippen LogP contribution >= 0.6 is 11.6 Å².